The summed E-state index contributed by atoms with van der Waals surface area (Å²) >= 11 is 1.46. The second kappa shape index (κ2) is 12.2. The Labute approximate surface area is 182 Å². The quantitative estimate of drug-likeness (QED) is 0.583. The molecule has 0 saturated heterocycles. The molecule has 0 saturated carbocycles. The number of halogens is 1. The van der Waals surface area contributed by atoms with Crippen LogP contribution in [-0.2, 0) is 21.9 Å². The maximum absolute atomic E-state index is 14.2. The summed E-state index contributed by atoms with van der Waals surface area (Å²) < 4.78 is 19.3. The van der Waals surface area contributed by atoms with Gasteiger partial charge in [0.15, 0.2) is 0 Å². The van der Waals surface area contributed by atoms with Crippen LogP contribution in [0.1, 0.15) is 31.4 Å². The third-order valence-corrected chi connectivity index (χ3v) is 5.66. The van der Waals surface area contributed by atoms with Gasteiger partial charge in [-0.15, -0.1) is 11.8 Å². The molecule has 0 bridgehead atoms. The average molecular weight is 433 g/mol. The second-order valence-electron chi connectivity index (χ2n) is 6.92. The number of thioether (sulfide) groups is 1. The van der Waals surface area contributed by atoms with Gasteiger partial charge in [0, 0.05) is 24.4 Å². The van der Waals surface area contributed by atoms with E-state index in [4.69, 9.17) is 4.74 Å². The van der Waals surface area contributed by atoms with Gasteiger partial charge in [0.1, 0.15) is 17.6 Å². The van der Waals surface area contributed by atoms with Gasteiger partial charge in [-0.3, -0.25) is 9.59 Å². The van der Waals surface area contributed by atoms with Crippen LogP contribution >= 0.6 is 11.8 Å². The lowest BCUT2D eigenvalue weighted by Gasteiger charge is -2.29. The summed E-state index contributed by atoms with van der Waals surface area (Å²) in [6.45, 7) is 4.23. The Morgan fingerprint density at radius 2 is 1.87 bits per heavy atom. The maximum Gasteiger partial charge on any atom is 0.242 e. The van der Waals surface area contributed by atoms with Crippen LogP contribution in [0.25, 0.3) is 0 Å². The number of amides is 2. The predicted octanol–water partition coefficient (Wildman–Crippen LogP) is 4.01. The second-order valence-corrected chi connectivity index (χ2v) is 7.91. The van der Waals surface area contributed by atoms with E-state index < -0.39 is 6.04 Å². The van der Waals surface area contributed by atoms with Crippen LogP contribution < -0.4 is 10.1 Å². The lowest BCUT2D eigenvalue weighted by atomic mass is 10.1. The first kappa shape index (κ1) is 23.7. The van der Waals surface area contributed by atoms with E-state index in [2.05, 4.69) is 5.32 Å². The van der Waals surface area contributed by atoms with E-state index in [1.54, 1.807) is 32.2 Å². The summed E-state index contributed by atoms with van der Waals surface area (Å²) in [5, 5.41) is 2.82. The molecule has 2 aromatic rings. The maximum atomic E-state index is 14.2. The summed E-state index contributed by atoms with van der Waals surface area (Å²) in [6, 6.07) is 13.3. The molecule has 30 heavy (non-hydrogen) atoms. The molecule has 1 N–H and O–H groups in total. The van der Waals surface area contributed by atoms with E-state index in [9.17, 15) is 14.0 Å². The normalized spacial score (nSPS) is 11.6. The average Bonchev–Trinajstić information content (AvgIpc) is 2.76. The van der Waals surface area contributed by atoms with Crippen molar-refractivity contribution in [1.82, 2.24) is 10.2 Å². The molecule has 0 heterocycles. The first-order chi connectivity index (χ1) is 14.5. The van der Waals surface area contributed by atoms with Crippen LogP contribution in [-0.4, -0.2) is 42.2 Å². The highest BCUT2D eigenvalue weighted by molar-refractivity contribution is 7.99. The van der Waals surface area contributed by atoms with Gasteiger partial charge in [-0.2, -0.15) is 0 Å². The number of nitrogens with zero attached hydrogens (tertiary/aromatic N) is 1. The molecule has 2 rings (SSSR count). The fourth-order valence-corrected chi connectivity index (χ4v) is 3.72. The molecule has 2 aromatic carbocycles. The number of rotatable bonds is 11. The van der Waals surface area contributed by atoms with Crippen molar-refractivity contribution in [3.63, 3.8) is 0 Å². The minimum absolute atomic E-state index is 0.0509. The van der Waals surface area contributed by atoms with Crippen molar-refractivity contribution >= 4 is 23.6 Å². The molecule has 0 fully saturated rings. The number of nitrogens with one attached hydrogen (secondary N) is 1. The predicted molar refractivity (Wildman–Crippen MR) is 119 cm³/mol. The highest BCUT2D eigenvalue weighted by Crippen LogP contribution is 2.19. The molecule has 0 aliphatic rings. The van der Waals surface area contributed by atoms with E-state index in [0.717, 1.165) is 17.7 Å². The van der Waals surface area contributed by atoms with E-state index in [1.165, 1.54) is 22.7 Å². The SMILES string of the molecule is CCCNC(=O)[C@H](C)N(Cc1ccccc1F)C(=O)CSCc1ccc(OC)cc1. The Kier molecular flexibility index (Phi) is 9.67. The van der Waals surface area contributed by atoms with Gasteiger partial charge in [-0.1, -0.05) is 37.3 Å². The van der Waals surface area contributed by atoms with Crippen LogP contribution in [0.3, 0.4) is 0 Å². The molecule has 0 aliphatic heterocycles. The number of hydrogen-bond donors (Lipinski definition) is 1. The molecule has 2 amide bonds. The van der Waals surface area contributed by atoms with Crippen molar-refractivity contribution in [2.75, 3.05) is 19.4 Å². The fourth-order valence-electron chi connectivity index (χ4n) is 2.85. The third-order valence-electron chi connectivity index (χ3n) is 4.67. The summed E-state index contributed by atoms with van der Waals surface area (Å²) in [5.41, 5.74) is 1.46. The van der Waals surface area contributed by atoms with Gasteiger partial charge in [0.05, 0.1) is 12.9 Å². The third kappa shape index (κ3) is 7.06. The highest BCUT2D eigenvalue weighted by atomic mass is 32.2. The van der Waals surface area contributed by atoms with Crippen LogP contribution in [0.5, 0.6) is 5.75 Å². The Morgan fingerprint density at radius 3 is 2.50 bits per heavy atom. The summed E-state index contributed by atoms with van der Waals surface area (Å²) in [6.07, 6.45) is 0.803. The molecule has 0 spiro atoms. The molecule has 0 aromatic heterocycles. The zero-order chi connectivity index (χ0) is 21.9. The Morgan fingerprint density at radius 1 is 1.17 bits per heavy atom. The lowest BCUT2D eigenvalue weighted by Crippen LogP contribution is -2.48. The number of hydrogen-bond acceptors (Lipinski definition) is 4. The fraction of sp³-hybridized carbons (Fsp3) is 0.391. The first-order valence-electron chi connectivity index (χ1n) is 9.97. The van der Waals surface area contributed by atoms with Gasteiger partial charge in [0.25, 0.3) is 0 Å². The zero-order valence-electron chi connectivity index (χ0n) is 17.7. The van der Waals surface area contributed by atoms with Gasteiger partial charge in [-0.25, -0.2) is 4.39 Å². The van der Waals surface area contributed by atoms with Gasteiger partial charge in [0.2, 0.25) is 11.8 Å². The molecule has 0 radical (unpaired) electrons. The van der Waals surface area contributed by atoms with Gasteiger partial charge >= 0.3 is 0 Å². The van der Waals surface area contributed by atoms with Crippen molar-refractivity contribution in [1.29, 1.82) is 0 Å². The Bertz CT molecular complexity index is 829. The zero-order valence-corrected chi connectivity index (χ0v) is 18.5. The molecule has 5 nitrogen and oxygen atoms in total. The van der Waals surface area contributed by atoms with Crippen molar-refractivity contribution in [2.24, 2.45) is 0 Å². The largest absolute Gasteiger partial charge is 0.497 e. The highest BCUT2D eigenvalue weighted by Gasteiger charge is 2.26. The van der Waals surface area contributed by atoms with E-state index in [0.29, 0.717) is 17.9 Å². The first-order valence-corrected chi connectivity index (χ1v) is 11.1. The number of carbonyl (C=O) groups is 2. The molecule has 162 valence electrons. The summed E-state index contributed by atoms with van der Waals surface area (Å²) in [7, 11) is 1.62. The Hall–Kier alpha value is -2.54. The molecule has 1 atom stereocenters. The minimum Gasteiger partial charge on any atom is -0.497 e. The number of methoxy groups -OCH3 is 1. The topological polar surface area (TPSA) is 58.6 Å². The number of carbonyl (C=O) groups excluding carboxylic acids is 2. The lowest BCUT2D eigenvalue weighted by molar-refractivity contribution is -0.138. The molecule has 7 heteroatoms. The number of benzene rings is 2. The van der Waals surface area contributed by atoms with Gasteiger partial charge < -0.3 is 15.0 Å². The molecular weight excluding hydrogens is 403 g/mol. The van der Waals surface area contributed by atoms with E-state index in [1.807, 2.05) is 31.2 Å². The number of ether oxygens (including phenoxy) is 1. The molecule has 0 aliphatic carbocycles. The van der Waals surface area contributed by atoms with Crippen LogP contribution in [0.4, 0.5) is 4.39 Å². The van der Waals surface area contributed by atoms with Crippen molar-refractivity contribution in [3.05, 3.63) is 65.5 Å². The van der Waals surface area contributed by atoms with Crippen molar-refractivity contribution < 1.29 is 18.7 Å². The minimum atomic E-state index is -0.690. The van der Waals surface area contributed by atoms with E-state index in [-0.39, 0.29) is 29.9 Å². The standard InChI is InChI=1S/C23H29FN2O3S/c1-4-13-25-23(28)17(2)26(14-19-7-5-6-8-21(19)24)22(27)16-30-15-18-9-11-20(29-3)12-10-18/h5-12,17H,4,13-16H2,1-3H3,(H,25,28)/t17-/m0/s1. The smallest absolute Gasteiger partial charge is 0.242 e. The Balaban J connectivity index is 2.04. The van der Waals surface area contributed by atoms with Crippen LogP contribution in [0, 0.1) is 5.82 Å². The van der Waals surface area contributed by atoms with Crippen LogP contribution in [0.2, 0.25) is 0 Å². The van der Waals surface area contributed by atoms with Crippen molar-refractivity contribution in [2.45, 2.75) is 38.6 Å². The summed E-state index contributed by atoms with van der Waals surface area (Å²) in [5.74, 6) is 0.814. The monoisotopic (exact) mass is 432 g/mol. The van der Waals surface area contributed by atoms with E-state index >= 15 is 0 Å². The van der Waals surface area contributed by atoms with Crippen LogP contribution in [0.15, 0.2) is 48.5 Å². The van der Waals surface area contributed by atoms with Crippen molar-refractivity contribution in [3.8, 4) is 5.75 Å². The summed E-state index contributed by atoms with van der Waals surface area (Å²) in [4.78, 5) is 26.9. The molecule has 0 unspecified atom stereocenters. The molecular formula is C23H29FN2O3S. The van der Waals surface area contributed by atoms with Gasteiger partial charge in [-0.05, 0) is 37.1 Å².